The normalized spacial score (nSPS) is 11.5. The molecule has 2 aromatic heterocycles. The molecule has 2 aromatic rings. The Labute approximate surface area is 114 Å². The molecule has 0 spiro atoms. The van der Waals surface area contributed by atoms with Crippen molar-refractivity contribution in [1.29, 1.82) is 0 Å². The summed E-state index contributed by atoms with van der Waals surface area (Å²) in [5.74, 6) is -1.33. The van der Waals surface area contributed by atoms with E-state index in [0.717, 1.165) is 5.69 Å². The highest BCUT2D eigenvalue weighted by molar-refractivity contribution is 7.92. The summed E-state index contributed by atoms with van der Waals surface area (Å²) in [6.07, 6.45) is 0.667. The molecule has 0 atom stereocenters. The molecule has 0 unspecified atom stereocenters. The molecular formula is C10H13N5O4S. The van der Waals surface area contributed by atoms with E-state index >= 15 is 0 Å². The first-order valence-electron chi connectivity index (χ1n) is 5.70. The van der Waals surface area contributed by atoms with Crippen molar-refractivity contribution in [3.05, 3.63) is 23.1 Å². The summed E-state index contributed by atoms with van der Waals surface area (Å²) >= 11 is 0. The zero-order valence-electron chi connectivity index (χ0n) is 10.8. The van der Waals surface area contributed by atoms with Crippen LogP contribution in [0.4, 0.5) is 5.82 Å². The number of nitrogens with zero attached hydrogens (tertiary/aromatic N) is 2. The molecule has 20 heavy (non-hydrogen) atoms. The molecule has 108 valence electrons. The summed E-state index contributed by atoms with van der Waals surface area (Å²) in [7, 11) is -4.08. The fourth-order valence-electron chi connectivity index (χ4n) is 1.68. The maximum atomic E-state index is 12.2. The minimum Gasteiger partial charge on any atom is -0.476 e. The zero-order chi connectivity index (χ0) is 14.9. The number of carboxylic acid groups (broad SMARTS) is 1. The maximum Gasteiger partial charge on any atom is 0.357 e. The molecule has 0 bridgehead atoms. The molecule has 9 nitrogen and oxygen atoms in total. The fourth-order valence-corrected chi connectivity index (χ4v) is 2.99. The third-order valence-corrected chi connectivity index (χ3v) is 4.13. The average molecular weight is 299 g/mol. The smallest absolute Gasteiger partial charge is 0.357 e. The van der Waals surface area contributed by atoms with Gasteiger partial charge in [0.2, 0.25) is 0 Å². The van der Waals surface area contributed by atoms with Crippen LogP contribution >= 0.6 is 0 Å². The van der Waals surface area contributed by atoms with Crippen LogP contribution in [0.15, 0.2) is 11.0 Å². The SMILES string of the molecule is CCc1cc(NS(=O)(=O)c2c(C(=O)O)n[nH]c2C)n[nH]1. The second kappa shape index (κ2) is 4.96. The third-order valence-electron chi connectivity index (χ3n) is 2.61. The van der Waals surface area contributed by atoms with Crippen molar-refractivity contribution in [2.24, 2.45) is 0 Å². The number of carbonyl (C=O) groups is 1. The van der Waals surface area contributed by atoms with Crippen LogP contribution in [0.3, 0.4) is 0 Å². The first-order chi connectivity index (χ1) is 9.35. The van der Waals surface area contributed by atoms with Gasteiger partial charge in [-0.25, -0.2) is 13.2 Å². The highest BCUT2D eigenvalue weighted by Crippen LogP contribution is 2.20. The van der Waals surface area contributed by atoms with Gasteiger partial charge in [0, 0.05) is 11.8 Å². The van der Waals surface area contributed by atoms with E-state index in [2.05, 4.69) is 25.1 Å². The number of carboxylic acids is 1. The van der Waals surface area contributed by atoms with Crippen LogP contribution in [-0.4, -0.2) is 39.9 Å². The second-order valence-corrected chi connectivity index (χ2v) is 5.69. The van der Waals surface area contributed by atoms with Gasteiger partial charge in [-0.15, -0.1) is 0 Å². The van der Waals surface area contributed by atoms with E-state index in [1.54, 1.807) is 0 Å². The number of rotatable bonds is 5. The van der Waals surface area contributed by atoms with Gasteiger partial charge in [-0.3, -0.25) is 14.9 Å². The molecular weight excluding hydrogens is 286 g/mol. The highest BCUT2D eigenvalue weighted by Gasteiger charge is 2.28. The van der Waals surface area contributed by atoms with Gasteiger partial charge in [-0.05, 0) is 13.3 Å². The van der Waals surface area contributed by atoms with Crippen molar-refractivity contribution >= 4 is 21.8 Å². The van der Waals surface area contributed by atoms with E-state index in [4.69, 9.17) is 5.11 Å². The number of H-pyrrole nitrogens is 2. The Bertz CT molecular complexity index is 746. The molecule has 0 aliphatic rings. The van der Waals surface area contributed by atoms with Crippen LogP contribution in [0.5, 0.6) is 0 Å². The molecule has 0 amide bonds. The van der Waals surface area contributed by atoms with Crippen molar-refractivity contribution < 1.29 is 18.3 Å². The molecule has 4 N–H and O–H groups in total. The lowest BCUT2D eigenvalue weighted by Crippen LogP contribution is -2.17. The van der Waals surface area contributed by atoms with E-state index in [-0.39, 0.29) is 11.5 Å². The Balaban J connectivity index is 2.40. The van der Waals surface area contributed by atoms with Crippen LogP contribution in [0.2, 0.25) is 0 Å². The van der Waals surface area contributed by atoms with Gasteiger partial charge < -0.3 is 5.11 Å². The highest BCUT2D eigenvalue weighted by atomic mass is 32.2. The molecule has 2 rings (SSSR count). The monoisotopic (exact) mass is 299 g/mol. The van der Waals surface area contributed by atoms with Crippen LogP contribution in [0, 0.1) is 6.92 Å². The quantitative estimate of drug-likeness (QED) is 0.633. The van der Waals surface area contributed by atoms with E-state index in [9.17, 15) is 13.2 Å². The molecule has 2 heterocycles. The van der Waals surface area contributed by atoms with Gasteiger partial charge >= 0.3 is 5.97 Å². The number of aromatic nitrogens is 4. The predicted molar refractivity (Wildman–Crippen MR) is 69.1 cm³/mol. The summed E-state index contributed by atoms with van der Waals surface area (Å²) in [6.45, 7) is 3.31. The molecule has 10 heteroatoms. The lowest BCUT2D eigenvalue weighted by molar-refractivity contribution is 0.0686. The van der Waals surface area contributed by atoms with Crippen LogP contribution in [-0.2, 0) is 16.4 Å². The zero-order valence-corrected chi connectivity index (χ0v) is 11.6. The average Bonchev–Trinajstić information content (AvgIpc) is 2.95. The first-order valence-corrected chi connectivity index (χ1v) is 7.18. The number of hydrogen-bond donors (Lipinski definition) is 4. The Morgan fingerprint density at radius 1 is 1.40 bits per heavy atom. The van der Waals surface area contributed by atoms with Crippen molar-refractivity contribution in [2.75, 3.05) is 4.72 Å². The van der Waals surface area contributed by atoms with Gasteiger partial charge in [0.1, 0.15) is 4.90 Å². The Kier molecular flexibility index (Phi) is 3.49. The molecule has 0 aromatic carbocycles. The summed E-state index contributed by atoms with van der Waals surface area (Å²) in [5.41, 5.74) is 0.340. The number of anilines is 1. The van der Waals surface area contributed by atoms with Crippen molar-refractivity contribution in [1.82, 2.24) is 20.4 Å². The summed E-state index contributed by atoms with van der Waals surface area (Å²) in [4.78, 5) is 10.6. The molecule has 0 radical (unpaired) electrons. The lowest BCUT2D eigenvalue weighted by atomic mass is 10.3. The molecule has 0 aliphatic carbocycles. The number of hydrogen-bond acceptors (Lipinski definition) is 5. The number of aryl methyl sites for hydroxylation is 2. The molecule has 0 aliphatic heterocycles. The van der Waals surface area contributed by atoms with Crippen LogP contribution in [0.25, 0.3) is 0 Å². The molecule has 0 saturated carbocycles. The molecule has 0 fully saturated rings. The minimum absolute atomic E-state index is 0.0961. The summed E-state index contributed by atoms with van der Waals surface area (Å²) in [6, 6.07) is 1.54. The van der Waals surface area contributed by atoms with Crippen molar-refractivity contribution in [3.8, 4) is 0 Å². The van der Waals surface area contributed by atoms with Crippen molar-refractivity contribution in [3.63, 3.8) is 0 Å². The topological polar surface area (TPSA) is 141 Å². The predicted octanol–water partition coefficient (Wildman–Crippen LogP) is 0.503. The Morgan fingerprint density at radius 3 is 2.65 bits per heavy atom. The summed E-state index contributed by atoms with van der Waals surface area (Å²) < 4.78 is 26.7. The van der Waals surface area contributed by atoms with Crippen LogP contribution < -0.4 is 4.72 Å². The summed E-state index contributed by atoms with van der Waals surface area (Å²) in [5, 5.41) is 21.2. The largest absolute Gasteiger partial charge is 0.476 e. The number of aromatic carboxylic acids is 1. The van der Waals surface area contributed by atoms with Crippen LogP contribution in [0.1, 0.15) is 28.8 Å². The molecule has 0 saturated heterocycles. The van der Waals surface area contributed by atoms with Crippen molar-refractivity contribution in [2.45, 2.75) is 25.2 Å². The maximum absolute atomic E-state index is 12.2. The van der Waals surface area contributed by atoms with E-state index in [0.29, 0.717) is 6.42 Å². The first kappa shape index (κ1) is 14.1. The third kappa shape index (κ3) is 2.50. The Morgan fingerprint density at radius 2 is 2.10 bits per heavy atom. The standard InChI is InChI=1S/C10H13N5O4S/c1-3-6-4-7(13-12-6)15-20(18,19)9-5(2)11-14-8(9)10(16)17/h4H,3H2,1-2H3,(H,11,14)(H,16,17)(H2,12,13,15). The van der Waals surface area contributed by atoms with E-state index in [1.807, 2.05) is 6.92 Å². The van der Waals surface area contributed by atoms with E-state index in [1.165, 1.54) is 13.0 Å². The van der Waals surface area contributed by atoms with Gasteiger partial charge in [0.25, 0.3) is 10.0 Å². The van der Waals surface area contributed by atoms with E-state index < -0.39 is 26.6 Å². The minimum atomic E-state index is -4.08. The van der Waals surface area contributed by atoms with Gasteiger partial charge in [-0.2, -0.15) is 10.2 Å². The number of nitrogens with one attached hydrogen (secondary N) is 3. The van der Waals surface area contributed by atoms with Gasteiger partial charge in [0.05, 0.1) is 5.69 Å². The fraction of sp³-hybridized carbons (Fsp3) is 0.300. The Hall–Kier alpha value is -2.36. The van der Waals surface area contributed by atoms with Gasteiger partial charge in [-0.1, -0.05) is 6.92 Å². The van der Waals surface area contributed by atoms with Gasteiger partial charge in [0.15, 0.2) is 11.5 Å². The lowest BCUT2D eigenvalue weighted by Gasteiger charge is -2.04. The number of aromatic amines is 2. The number of sulfonamides is 1. The second-order valence-electron chi connectivity index (χ2n) is 4.07.